The van der Waals surface area contributed by atoms with Gasteiger partial charge in [0.1, 0.15) is 0 Å². The van der Waals surface area contributed by atoms with Crippen LogP contribution in [0.1, 0.15) is 45.7 Å². The lowest BCUT2D eigenvalue weighted by Crippen LogP contribution is -2.25. The van der Waals surface area contributed by atoms with Crippen LogP contribution in [-0.4, -0.2) is 12.0 Å². The molecule has 2 aromatic rings. The summed E-state index contributed by atoms with van der Waals surface area (Å²) < 4.78 is 0. The van der Waals surface area contributed by atoms with Crippen molar-refractivity contribution in [3.05, 3.63) is 42.1 Å². The lowest BCUT2D eigenvalue weighted by molar-refractivity contribution is 0.226. The number of rotatable bonds is 4. The van der Waals surface area contributed by atoms with Gasteiger partial charge in [0.25, 0.3) is 0 Å². The van der Waals surface area contributed by atoms with Crippen LogP contribution >= 0.6 is 0 Å². The maximum absolute atomic E-state index is 4.58. The molecule has 0 bridgehead atoms. The maximum Gasteiger partial charge on any atom is 0.0702 e. The number of benzene rings is 1. The van der Waals surface area contributed by atoms with Crippen LogP contribution < -0.4 is 5.32 Å². The molecule has 0 fully saturated rings. The van der Waals surface area contributed by atoms with Gasteiger partial charge in [0, 0.05) is 17.6 Å². The van der Waals surface area contributed by atoms with E-state index in [1.54, 1.807) is 0 Å². The van der Waals surface area contributed by atoms with Crippen LogP contribution in [0.4, 0.5) is 0 Å². The van der Waals surface area contributed by atoms with Crippen LogP contribution in [-0.2, 0) is 0 Å². The quantitative estimate of drug-likeness (QED) is 0.880. The molecule has 1 N–H and O–H groups in total. The van der Waals surface area contributed by atoms with E-state index < -0.39 is 0 Å². The lowest BCUT2D eigenvalue weighted by Gasteiger charge is -2.31. The molecule has 0 radical (unpaired) electrons. The molecule has 0 aliphatic rings. The number of fused-ring (bicyclic) bond motifs is 1. The number of para-hydroxylation sites is 1. The van der Waals surface area contributed by atoms with E-state index in [1.165, 1.54) is 10.9 Å². The van der Waals surface area contributed by atoms with Gasteiger partial charge in [-0.1, -0.05) is 45.9 Å². The van der Waals surface area contributed by atoms with Crippen LogP contribution in [0.15, 0.2) is 36.5 Å². The van der Waals surface area contributed by atoms with Crippen LogP contribution in [0.2, 0.25) is 0 Å². The SMILES string of the molecule is CNC(CC(C)C(C)(C)C)c1cnc2ccccc2c1. The Labute approximate surface area is 122 Å². The zero-order valence-electron chi connectivity index (χ0n) is 13.3. The average Bonchev–Trinajstić information content (AvgIpc) is 2.43. The van der Waals surface area contributed by atoms with Gasteiger partial charge in [-0.3, -0.25) is 4.98 Å². The molecule has 1 aromatic heterocycles. The van der Waals surface area contributed by atoms with Gasteiger partial charge >= 0.3 is 0 Å². The van der Waals surface area contributed by atoms with Gasteiger partial charge in [-0.05, 0) is 42.5 Å². The van der Waals surface area contributed by atoms with E-state index in [4.69, 9.17) is 0 Å². The summed E-state index contributed by atoms with van der Waals surface area (Å²) in [5.74, 6) is 0.645. The minimum absolute atomic E-state index is 0.333. The monoisotopic (exact) mass is 270 g/mol. The first-order valence-electron chi connectivity index (χ1n) is 7.44. The van der Waals surface area contributed by atoms with Crippen molar-refractivity contribution < 1.29 is 0 Å². The Hall–Kier alpha value is -1.41. The molecule has 20 heavy (non-hydrogen) atoms. The fourth-order valence-electron chi connectivity index (χ4n) is 2.41. The van der Waals surface area contributed by atoms with Crippen molar-refractivity contribution in [3.63, 3.8) is 0 Å². The molecule has 1 heterocycles. The van der Waals surface area contributed by atoms with Crippen molar-refractivity contribution in [2.24, 2.45) is 11.3 Å². The molecular weight excluding hydrogens is 244 g/mol. The summed E-state index contributed by atoms with van der Waals surface area (Å²) in [6.45, 7) is 9.26. The normalized spacial score (nSPS) is 15.2. The Morgan fingerprint density at radius 1 is 1.20 bits per heavy atom. The number of nitrogens with zero attached hydrogens (tertiary/aromatic N) is 1. The summed E-state index contributed by atoms with van der Waals surface area (Å²) in [5, 5.41) is 4.66. The predicted octanol–water partition coefficient (Wildman–Crippen LogP) is 4.57. The topological polar surface area (TPSA) is 24.9 Å². The fourth-order valence-corrected chi connectivity index (χ4v) is 2.41. The van der Waals surface area contributed by atoms with Crippen LogP contribution in [0, 0.1) is 11.3 Å². The number of aromatic nitrogens is 1. The number of hydrogen-bond acceptors (Lipinski definition) is 2. The van der Waals surface area contributed by atoms with Gasteiger partial charge in [-0.25, -0.2) is 0 Å². The highest BCUT2D eigenvalue weighted by atomic mass is 14.9. The smallest absolute Gasteiger partial charge is 0.0702 e. The van der Waals surface area contributed by atoms with E-state index in [2.05, 4.69) is 62.3 Å². The van der Waals surface area contributed by atoms with E-state index in [-0.39, 0.29) is 0 Å². The summed E-state index contributed by atoms with van der Waals surface area (Å²) in [7, 11) is 2.04. The third-order valence-corrected chi connectivity index (χ3v) is 4.43. The van der Waals surface area contributed by atoms with E-state index in [9.17, 15) is 0 Å². The first kappa shape index (κ1) is 15.0. The summed E-state index contributed by atoms with van der Waals surface area (Å²) in [4.78, 5) is 4.58. The molecule has 2 atom stereocenters. The van der Waals surface area contributed by atoms with Gasteiger partial charge in [0.15, 0.2) is 0 Å². The van der Waals surface area contributed by atoms with Crippen molar-refractivity contribution in [1.82, 2.24) is 10.3 Å². The Bertz CT molecular complexity index is 569. The first-order valence-corrected chi connectivity index (χ1v) is 7.44. The fraction of sp³-hybridized carbons (Fsp3) is 0.500. The van der Waals surface area contributed by atoms with Crippen molar-refractivity contribution in [3.8, 4) is 0 Å². The van der Waals surface area contributed by atoms with E-state index >= 15 is 0 Å². The molecule has 0 saturated carbocycles. The molecule has 1 aromatic carbocycles. The molecule has 2 unspecified atom stereocenters. The third-order valence-electron chi connectivity index (χ3n) is 4.43. The molecule has 0 amide bonds. The van der Waals surface area contributed by atoms with Gasteiger partial charge in [-0.2, -0.15) is 0 Å². The van der Waals surface area contributed by atoms with Crippen LogP contribution in [0.5, 0.6) is 0 Å². The standard InChI is InChI=1S/C18H26N2/c1-13(18(2,3)4)10-17(19-5)15-11-14-8-6-7-9-16(14)20-12-15/h6-9,11-13,17,19H,10H2,1-5H3. The van der Waals surface area contributed by atoms with Gasteiger partial charge < -0.3 is 5.32 Å². The average molecular weight is 270 g/mol. The van der Waals surface area contributed by atoms with E-state index in [0.29, 0.717) is 17.4 Å². The maximum atomic E-state index is 4.58. The summed E-state index contributed by atoms with van der Waals surface area (Å²) >= 11 is 0. The number of pyridine rings is 1. The molecule has 0 saturated heterocycles. The molecule has 2 rings (SSSR count). The molecule has 2 heteroatoms. The van der Waals surface area contributed by atoms with Gasteiger partial charge in [0.2, 0.25) is 0 Å². The Morgan fingerprint density at radius 2 is 1.90 bits per heavy atom. The minimum Gasteiger partial charge on any atom is -0.313 e. The van der Waals surface area contributed by atoms with Crippen molar-refractivity contribution in [1.29, 1.82) is 0 Å². The molecule has 108 valence electrons. The van der Waals surface area contributed by atoms with Crippen molar-refractivity contribution >= 4 is 10.9 Å². The summed E-state index contributed by atoms with van der Waals surface area (Å²) in [6, 6.07) is 10.9. The highest BCUT2D eigenvalue weighted by molar-refractivity contribution is 5.78. The zero-order valence-corrected chi connectivity index (χ0v) is 13.3. The predicted molar refractivity (Wildman–Crippen MR) is 86.8 cm³/mol. The number of hydrogen-bond donors (Lipinski definition) is 1. The Morgan fingerprint density at radius 3 is 2.55 bits per heavy atom. The molecule has 0 aliphatic heterocycles. The Kier molecular flexibility index (Phi) is 4.44. The van der Waals surface area contributed by atoms with E-state index in [1.807, 2.05) is 19.3 Å². The molecule has 0 spiro atoms. The van der Waals surface area contributed by atoms with E-state index in [0.717, 1.165) is 11.9 Å². The summed E-state index contributed by atoms with van der Waals surface area (Å²) in [5.41, 5.74) is 2.68. The van der Waals surface area contributed by atoms with Gasteiger partial charge in [-0.15, -0.1) is 0 Å². The third kappa shape index (κ3) is 3.37. The molecule has 2 nitrogen and oxygen atoms in total. The lowest BCUT2D eigenvalue weighted by atomic mass is 9.77. The van der Waals surface area contributed by atoms with Crippen molar-refractivity contribution in [2.75, 3.05) is 7.05 Å². The molecule has 0 aliphatic carbocycles. The van der Waals surface area contributed by atoms with Gasteiger partial charge in [0.05, 0.1) is 5.52 Å². The summed E-state index contributed by atoms with van der Waals surface area (Å²) in [6.07, 6.45) is 3.14. The Balaban J connectivity index is 2.25. The second-order valence-corrected chi connectivity index (χ2v) is 6.81. The second-order valence-electron chi connectivity index (χ2n) is 6.81. The largest absolute Gasteiger partial charge is 0.313 e. The zero-order chi connectivity index (χ0) is 14.8. The van der Waals surface area contributed by atoms with Crippen LogP contribution in [0.3, 0.4) is 0 Å². The highest BCUT2D eigenvalue weighted by Gasteiger charge is 2.24. The minimum atomic E-state index is 0.333. The number of nitrogens with one attached hydrogen (secondary N) is 1. The highest BCUT2D eigenvalue weighted by Crippen LogP contribution is 2.33. The van der Waals surface area contributed by atoms with Crippen molar-refractivity contribution in [2.45, 2.75) is 40.2 Å². The first-order chi connectivity index (χ1) is 9.41. The second kappa shape index (κ2) is 5.92. The molecular formula is C18H26N2. The van der Waals surface area contributed by atoms with Crippen LogP contribution in [0.25, 0.3) is 10.9 Å².